The minimum atomic E-state index is 0.717. The lowest BCUT2D eigenvalue weighted by molar-refractivity contribution is 0.288. The highest BCUT2D eigenvalue weighted by Gasteiger charge is 2.00. The first-order valence-electron chi connectivity index (χ1n) is 5.68. The molecule has 0 fully saturated rings. The Morgan fingerprint density at radius 3 is 2.14 bits per heavy atom. The van der Waals surface area contributed by atoms with E-state index in [-0.39, 0.29) is 0 Å². The summed E-state index contributed by atoms with van der Waals surface area (Å²) < 4.78 is 0. The van der Waals surface area contributed by atoms with Gasteiger partial charge in [0.1, 0.15) is 0 Å². The third kappa shape index (κ3) is 8.44. The third-order valence-electron chi connectivity index (χ3n) is 2.20. The minimum absolute atomic E-state index is 0.717. The van der Waals surface area contributed by atoms with E-state index in [0.717, 1.165) is 45.8 Å². The predicted octanol–water partition coefficient (Wildman–Crippen LogP) is -0.404. The molecule has 0 amide bonds. The fraction of sp³-hybridized carbons (Fsp3) is 1.00. The average molecular weight is 202 g/mol. The monoisotopic (exact) mass is 202 g/mol. The van der Waals surface area contributed by atoms with E-state index in [9.17, 15) is 0 Å². The van der Waals surface area contributed by atoms with Crippen molar-refractivity contribution in [1.82, 2.24) is 10.2 Å². The summed E-state index contributed by atoms with van der Waals surface area (Å²) in [5.74, 6) is 0. The van der Waals surface area contributed by atoms with Crippen LogP contribution in [0.1, 0.15) is 19.8 Å². The molecule has 0 aliphatic carbocycles. The van der Waals surface area contributed by atoms with Crippen molar-refractivity contribution in [2.75, 3.05) is 45.8 Å². The Labute approximate surface area is 88.0 Å². The molecule has 0 aromatic heterocycles. The predicted molar refractivity (Wildman–Crippen MR) is 62.3 cm³/mol. The maximum atomic E-state index is 5.51. The van der Waals surface area contributed by atoms with Gasteiger partial charge in [-0.05, 0) is 13.0 Å². The largest absolute Gasteiger partial charge is 0.329 e. The van der Waals surface area contributed by atoms with Crippen LogP contribution >= 0.6 is 0 Å². The van der Waals surface area contributed by atoms with Crippen LogP contribution in [-0.4, -0.2) is 50.7 Å². The second-order valence-electron chi connectivity index (χ2n) is 3.52. The number of hydrogen-bond acceptors (Lipinski definition) is 4. The summed E-state index contributed by atoms with van der Waals surface area (Å²) in [6.45, 7) is 8.76. The SMILES string of the molecule is CCCCNCCN(CCN)CCN. The molecule has 0 atom stereocenters. The lowest BCUT2D eigenvalue weighted by atomic mass is 10.3. The number of nitrogens with zero attached hydrogens (tertiary/aromatic N) is 1. The molecule has 0 aromatic carbocycles. The number of rotatable bonds is 10. The topological polar surface area (TPSA) is 67.3 Å². The Morgan fingerprint density at radius 1 is 1.00 bits per heavy atom. The van der Waals surface area contributed by atoms with Gasteiger partial charge in [-0.2, -0.15) is 0 Å². The van der Waals surface area contributed by atoms with Crippen molar-refractivity contribution < 1.29 is 0 Å². The fourth-order valence-corrected chi connectivity index (χ4v) is 1.36. The quantitative estimate of drug-likeness (QED) is 0.422. The van der Waals surface area contributed by atoms with Crippen LogP contribution in [0.25, 0.3) is 0 Å². The van der Waals surface area contributed by atoms with E-state index >= 15 is 0 Å². The third-order valence-corrected chi connectivity index (χ3v) is 2.20. The van der Waals surface area contributed by atoms with E-state index in [4.69, 9.17) is 11.5 Å². The standard InChI is InChI=1S/C10H26N4/c1-2-3-6-13-7-10-14(8-4-11)9-5-12/h13H,2-12H2,1H3. The molecule has 4 heteroatoms. The van der Waals surface area contributed by atoms with Gasteiger partial charge in [-0.15, -0.1) is 0 Å². The van der Waals surface area contributed by atoms with Crippen LogP contribution in [0.3, 0.4) is 0 Å². The summed E-state index contributed by atoms with van der Waals surface area (Å²) in [5, 5.41) is 3.41. The van der Waals surface area contributed by atoms with Crippen LogP contribution in [0, 0.1) is 0 Å². The first-order valence-corrected chi connectivity index (χ1v) is 5.68. The summed E-state index contributed by atoms with van der Waals surface area (Å²) in [5.41, 5.74) is 11.0. The highest BCUT2D eigenvalue weighted by Crippen LogP contribution is 1.85. The van der Waals surface area contributed by atoms with Crippen LogP contribution in [0.2, 0.25) is 0 Å². The Morgan fingerprint density at radius 2 is 1.64 bits per heavy atom. The van der Waals surface area contributed by atoms with Gasteiger partial charge >= 0.3 is 0 Å². The van der Waals surface area contributed by atoms with E-state index in [1.165, 1.54) is 12.8 Å². The van der Waals surface area contributed by atoms with Crippen molar-refractivity contribution >= 4 is 0 Å². The Kier molecular flexibility index (Phi) is 10.8. The summed E-state index contributed by atoms with van der Waals surface area (Å²) in [4.78, 5) is 2.30. The molecule has 0 saturated heterocycles. The maximum Gasteiger partial charge on any atom is 0.0108 e. The second kappa shape index (κ2) is 10.9. The van der Waals surface area contributed by atoms with Gasteiger partial charge in [0.2, 0.25) is 0 Å². The van der Waals surface area contributed by atoms with E-state index in [2.05, 4.69) is 17.1 Å². The van der Waals surface area contributed by atoms with Gasteiger partial charge in [-0.3, -0.25) is 4.90 Å². The van der Waals surface area contributed by atoms with Crippen molar-refractivity contribution in [3.63, 3.8) is 0 Å². The zero-order valence-electron chi connectivity index (χ0n) is 9.47. The van der Waals surface area contributed by atoms with Crippen LogP contribution in [-0.2, 0) is 0 Å². The highest BCUT2D eigenvalue weighted by atomic mass is 15.1. The van der Waals surface area contributed by atoms with Gasteiger partial charge in [0.05, 0.1) is 0 Å². The van der Waals surface area contributed by atoms with Gasteiger partial charge in [-0.1, -0.05) is 13.3 Å². The van der Waals surface area contributed by atoms with Crippen LogP contribution in [0.4, 0.5) is 0 Å². The lowest BCUT2D eigenvalue weighted by Gasteiger charge is -2.20. The average Bonchev–Trinajstić information content (AvgIpc) is 2.18. The van der Waals surface area contributed by atoms with Crippen LogP contribution in [0.5, 0.6) is 0 Å². The molecule has 0 aliphatic rings. The summed E-state index contributed by atoms with van der Waals surface area (Å²) in [6.07, 6.45) is 2.51. The van der Waals surface area contributed by atoms with E-state index in [0.29, 0.717) is 0 Å². The molecule has 0 saturated carbocycles. The van der Waals surface area contributed by atoms with E-state index in [1.807, 2.05) is 0 Å². The zero-order chi connectivity index (χ0) is 10.6. The minimum Gasteiger partial charge on any atom is -0.329 e. The van der Waals surface area contributed by atoms with E-state index in [1.54, 1.807) is 0 Å². The van der Waals surface area contributed by atoms with Crippen molar-refractivity contribution in [3.8, 4) is 0 Å². The fourth-order valence-electron chi connectivity index (χ4n) is 1.36. The molecule has 14 heavy (non-hydrogen) atoms. The summed E-state index contributed by atoms with van der Waals surface area (Å²) in [6, 6.07) is 0. The zero-order valence-corrected chi connectivity index (χ0v) is 9.47. The molecule has 4 nitrogen and oxygen atoms in total. The molecule has 0 bridgehead atoms. The van der Waals surface area contributed by atoms with Crippen molar-refractivity contribution in [2.24, 2.45) is 11.5 Å². The molecule has 0 unspecified atom stereocenters. The molecule has 0 spiro atoms. The molecule has 0 rings (SSSR count). The van der Waals surface area contributed by atoms with E-state index < -0.39 is 0 Å². The second-order valence-corrected chi connectivity index (χ2v) is 3.52. The van der Waals surface area contributed by atoms with Gasteiger partial charge in [0.25, 0.3) is 0 Å². The molecule has 0 radical (unpaired) electrons. The van der Waals surface area contributed by atoms with Gasteiger partial charge < -0.3 is 16.8 Å². The Bertz CT molecular complexity index is 102. The normalized spacial score (nSPS) is 11.1. The molecule has 5 N–H and O–H groups in total. The number of nitrogens with one attached hydrogen (secondary N) is 1. The van der Waals surface area contributed by atoms with Crippen LogP contribution < -0.4 is 16.8 Å². The van der Waals surface area contributed by atoms with Crippen molar-refractivity contribution in [2.45, 2.75) is 19.8 Å². The summed E-state index contributed by atoms with van der Waals surface area (Å²) in [7, 11) is 0. The molecule has 86 valence electrons. The van der Waals surface area contributed by atoms with Crippen molar-refractivity contribution in [1.29, 1.82) is 0 Å². The lowest BCUT2D eigenvalue weighted by Crippen LogP contribution is -2.38. The first kappa shape index (κ1) is 13.8. The van der Waals surface area contributed by atoms with Crippen LogP contribution in [0.15, 0.2) is 0 Å². The van der Waals surface area contributed by atoms with Gasteiger partial charge in [0, 0.05) is 39.3 Å². The number of hydrogen-bond donors (Lipinski definition) is 3. The number of unbranched alkanes of at least 4 members (excludes halogenated alkanes) is 1. The Balaban J connectivity index is 3.30. The molecule has 0 aromatic rings. The molecular formula is C10H26N4. The number of nitrogens with two attached hydrogens (primary N) is 2. The maximum absolute atomic E-state index is 5.51. The molecule has 0 aliphatic heterocycles. The smallest absolute Gasteiger partial charge is 0.0108 e. The molecule has 0 heterocycles. The summed E-state index contributed by atoms with van der Waals surface area (Å²) >= 11 is 0. The van der Waals surface area contributed by atoms with Crippen molar-refractivity contribution in [3.05, 3.63) is 0 Å². The highest BCUT2D eigenvalue weighted by molar-refractivity contribution is 4.60. The van der Waals surface area contributed by atoms with Gasteiger partial charge in [-0.25, -0.2) is 0 Å². The first-order chi connectivity index (χ1) is 6.85. The van der Waals surface area contributed by atoms with Gasteiger partial charge in [0.15, 0.2) is 0 Å². The molecular weight excluding hydrogens is 176 g/mol. The Hall–Kier alpha value is -0.160.